The molecule has 15 heavy (non-hydrogen) atoms. The molecule has 2 aliphatic rings. The van der Waals surface area contributed by atoms with Crippen molar-refractivity contribution in [3.05, 3.63) is 11.8 Å². The second kappa shape index (κ2) is 3.85. The van der Waals surface area contributed by atoms with E-state index < -0.39 is 0 Å². The van der Waals surface area contributed by atoms with Crippen molar-refractivity contribution in [2.45, 2.75) is 38.3 Å². The zero-order valence-corrected chi connectivity index (χ0v) is 8.91. The van der Waals surface area contributed by atoms with Gasteiger partial charge in [-0.05, 0) is 19.4 Å². The third kappa shape index (κ3) is 1.63. The van der Waals surface area contributed by atoms with Crippen LogP contribution < -0.4 is 10.1 Å². The molecule has 0 radical (unpaired) electrons. The molecule has 1 aromatic rings. The molecule has 0 saturated carbocycles. The molecule has 3 rings (SSSR count). The lowest BCUT2D eigenvalue weighted by Gasteiger charge is -2.24. The third-order valence-corrected chi connectivity index (χ3v) is 3.26. The maximum Gasteiger partial charge on any atom is 0.216 e. The standard InChI is InChI=1S/C11H17N3O/c1-2-5-12-10(4-1)9-8-13-14-6-3-7-15-11(9)14/h8,10,12H,1-7H2. The van der Waals surface area contributed by atoms with Gasteiger partial charge in [-0.25, -0.2) is 4.68 Å². The lowest BCUT2D eigenvalue weighted by Crippen LogP contribution is -2.27. The number of hydrogen-bond acceptors (Lipinski definition) is 3. The Kier molecular flexibility index (Phi) is 2.37. The van der Waals surface area contributed by atoms with Crippen LogP contribution in [0.5, 0.6) is 5.88 Å². The van der Waals surface area contributed by atoms with Crippen LogP contribution in [0.1, 0.15) is 37.3 Å². The first-order chi connectivity index (χ1) is 7.45. The summed E-state index contributed by atoms with van der Waals surface area (Å²) in [6.07, 6.45) is 6.86. The van der Waals surface area contributed by atoms with Gasteiger partial charge in [0.2, 0.25) is 5.88 Å². The topological polar surface area (TPSA) is 39.1 Å². The Morgan fingerprint density at radius 1 is 1.40 bits per heavy atom. The van der Waals surface area contributed by atoms with E-state index in [2.05, 4.69) is 10.4 Å². The van der Waals surface area contributed by atoms with Gasteiger partial charge < -0.3 is 10.1 Å². The zero-order valence-electron chi connectivity index (χ0n) is 8.91. The van der Waals surface area contributed by atoms with Crippen molar-refractivity contribution in [2.24, 2.45) is 0 Å². The summed E-state index contributed by atoms with van der Waals surface area (Å²) in [5.74, 6) is 1.00. The molecule has 0 bridgehead atoms. The van der Waals surface area contributed by atoms with Crippen LogP contribution in [0.25, 0.3) is 0 Å². The number of hydrogen-bond donors (Lipinski definition) is 1. The van der Waals surface area contributed by atoms with Gasteiger partial charge in [-0.3, -0.25) is 0 Å². The summed E-state index contributed by atoms with van der Waals surface area (Å²) in [6, 6.07) is 0.459. The fourth-order valence-electron chi connectivity index (χ4n) is 2.45. The number of fused-ring (bicyclic) bond motifs is 1. The SMILES string of the molecule is c1nn2c(c1C1CCCCN1)OCCC2. The largest absolute Gasteiger partial charge is 0.478 e. The quantitative estimate of drug-likeness (QED) is 0.758. The molecule has 0 amide bonds. The first-order valence-corrected chi connectivity index (χ1v) is 5.87. The highest BCUT2D eigenvalue weighted by atomic mass is 16.5. The van der Waals surface area contributed by atoms with Gasteiger partial charge in [0.05, 0.1) is 18.4 Å². The number of rotatable bonds is 1. The van der Waals surface area contributed by atoms with Crippen LogP contribution in [0.2, 0.25) is 0 Å². The Hall–Kier alpha value is -1.03. The van der Waals surface area contributed by atoms with Gasteiger partial charge in [-0.15, -0.1) is 0 Å². The minimum atomic E-state index is 0.459. The lowest BCUT2D eigenvalue weighted by atomic mass is 10.00. The highest BCUT2D eigenvalue weighted by molar-refractivity contribution is 5.29. The van der Waals surface area contributed by atoms with E-state index in [0.717, 1.165) is 32.0 Å². The molecule has 1 saturated heterocycles. The summed E-state index contributed by atoms with van der Waals surface area (Å²) in [5, 5.41) is 7.92. The Labute approximate surface area is 89.6 Å². The summed E-state index contributed by atoms with van der Waals surface area (Å²) in [6.45, 7) is 2.96. The van der Waals surface area contributed by atoms with Crippen molar-refractivity contribution in [2.75, 3.05) is 13.2 Å². The molecule has 82 valence electrons. The molecule has 0 spiro atoms. The van der Waals surface area contributed by atoms with Crippen LogP contribution in [0.4, 0.5) is 0 Å². The van der Waals surface area contributed by atoms with Crippen molar-refractivity contribution in [1.82, 2.24) is 15.1 Å². The van der Waals surface area contributed by atoms with Crippen LogP contribution in [0, 0.1) is 0 Å². The number of nitrogens with one attached hydrogen (secondary N) is 1. The molecule has 4 heteroatoms. The highest BCUT2D eigenvalue weighted by Crippen LogP contribution is 2.31. The van der Waals surface area contributed by atoms with E-state index >= 15 is 0 Å². The normalized spacial score (nSPS) is 25.7. The van der Waals surface area contributed by atoms with E-state index in [9.17, 15) is 0 Å². The molecule has 1 unspecified atom stereocenters. The van der Waals surface area contributed by atoms with E-state index in [1.165, 1.54) is 24.8 Å². The van der Waals surface area contributed by atoms with E-state index in [1.807, 2.05) is 10.9 Å². The number of piperidine rings is 1. The van der Waals surface area contributed by atoms with Crippen LogP contribution in [0.15, 0.2) is 6.20 Å². The molecule has 1 atom stereocenters. The van der Waals surface area contributed by atoms with Crippen LogP contribution in [0.3, 0.4) is 0 Å². The summed E-state index contributed by atoms with van der Waals surface area (Å²) in [4.78, 5) is 0. The van der Waals surface area contributed by atoms with Crippen LogP contribution >= 0.6 is 0 Å². The molecule has 1 N–H and O–H groups in total. The first-order valence-electron chi connectivity index (χ1n) is 5.87. The van der Waals surface area contributed by atoms with Crippen LogP contribution in [-0.4, -0.2) is 22.9 Å². The minimum Gasteiger partial charge on any atom is -0.478 e. The predicted molar refractivity (Wildman–Crippen MR) is 56.9 cm³/mol. The van der Waals surface area contributed by atoms with Gasteiger partial charge in [0.15, 0.2) is 0 Å². The van der Waals surface area contributed by atoms with Gasteiger partial charge in [-0.2, -0.15) is 5.10 Å². The Balaban J connectivity index is 1.87. The fraction of sp³-hybridized carbons (Fsp3) is 0.727. The van der Waals surface area contributed by atoms with Gasteiger partial charge in [0.1, 0.15) is 0 Å². The predicted octanol–water partition coefficient (Wildman–Crippen LogP) is 1.48. The molecule has 4 nitrogen and oxygen atoms in total. The Bertz CT molecular complexity index is 342. The first kappa shape index (κ1) is 9.21. The van der Waals surface area contributed by atoms with Crippen molar-refractivity contribution in [3.8, 4) is 5.88 Å². The zero-order chi connectivity index (χ0) is 10.1. The van der Waals surface area contributed by atoms with Gasteiger partial charge in [-0.1, -0.05) is 6.42 Å². The van der Waals surface area contributed by atoms with E-state index in [0.29, 0.717) is 6.04 Å². The van der Waals surface area contributed by atoms with Crippen LogP contribution in [-0.2, 0) is 6.54 Å². The number of aromatic nitrogens is 2. The van der Waals surface area contributed by atoms with Crippen molar-refractivity contribution in [3.63, 3.8) is 0 Å². The molecular weight excluding hydrogens is 190 g/mol. The monoisotopic (exact) mass is 207 g/mol. The second-order valence-electron chi connectivity index (χ2n) is 4.33. The number of ether oxygens (including phenoxy) is 1. The molecule has 0 aromatic carbocycles. The van der Waals surface area contributed by atoms with E-state index in [4.69, 9.17) is 4.74 Å². The smallest absolute Gasteiger partial charge is 0.216 e. The van der Waals surface area contributed by atoms with Gasteiger partial charge in [0.25, 0.3) is 0 Å². The molecule has 2 aliphatic heterocycles. The second-order valence-corrected chi connectivity index (χ2v) is 4.33. The fourth-order valence-corrected chi connectivity index (χ4v) is 2.45. The summed E-state index contributed by atoms with van der Waals surface area (Å²) < 4.78 is 7.70. The Morgan fingerprint density at radius 3 is 3.27 bits per heavy atom. The maximum atomic E-state index is 5.71. The average molecular weight is 207 g/mol. The maximum absolute atomic E-state index is 5.71. The van der Waals surface area contributed by atoms with Gasteiger partial charge in [0, 0.05) is 19.0 Å². The van der Waals surface area contributed by atoms with Gasteiger partial charge >= 0.3 is 0 Å². The van der Waals surface area contributed by atoms with E-state index in [-0.39, 0.29) is 0 Å². The lowest BCUT2D eigenvalue weighted by molar-refractivity contribution is 0.224. The van der Waals surface area contributed by atoms with Crippen molar-refractivity contribution >= 4 is 0 Å². The van der Waals surface area contributed by atoms with Crippen molar-refractivity contribution in [1.29, 1.82) is 0 Å². The summed E-state index contributed by atoms with van der Waals surface area (Å²) >= 11 is 0. The average Bonchev–Trinajstić information content (AvgIpc) is 2.74. The molecule has 1 fully saturated rings. The molecular formula is C11H17N3O. The van der Waals surface area contributed by atoms with E-state index in [1.54, 1.807) is 0 Å². The van der Waals surface area contributed by atoms with Crippen molar-refractivity contribution < 1.29 is 4.74 Å². The number of nitrogens with zero attached hydrogens (tertiary/aromatic N) is 2. The third-order valence-electron chi connectivity index (χ3n) is 3.26. The Morgan fingerprint density at radius 2 is 2.40 bits per heavy atom. The highest BCUT2D eigenvalue weighted by Gasteiger charge is 2.24. The molecule has 0 aliphatic carbocycles. The molecule has 3 heterocycles. The molecule has 1 aromatic heterocycles. The minimum absolute atomic E-state index is 0.459. The summed E-state index contributed by atoms with van der Waals surface area (Å²) in [5.41, 5.74) is 1.26. The number of aryl methyl sites for hydroxylation is 1. The summed E-state index contributed by atoms with van der Waals surface area (Å²) in [7, 11) is 0.